The van der Waals surface area contributed by atoms with Gasteiger partial charge in [0.25, 0.3) is 5.91 Å². The second-order valence-electron chi connectivity index (χ2n) is 7.73. The van der Waals surface area contributed by atoms with Crippen molar-refractivity contribution in [1.82, 2.24) is 15.1 Å². The third-order valence-corrected chi connectivity index (χ3v) is 5.95. The van der Waals surface area contributed by atoms with Crippen molar-refractivity contribution in [3.63, 3.8) is 0 Å². The number of nitrogens with one attached hydrogen (secondary N) is 1. The fourth-order valence-electron chi connectivity index (χ4n) is 4.44. The number of aryl methyl sites for hydroxylation is 1. The molecule has 1 fully saturated rings. The summed E-state index contributed by atoms with van der Waals surface area (Å²) in [6, 6.07) is 8.52. The van der Waals surface area contributed by atoms with E-state index in [2.05, 4.69) is 36.5 Å². The van der Waals surface area contributed by atoms with Gasteiger partial charge in [0.15, 0.2) is 5.69 Å². The molecule has 1 amide bonds. The van der Waals surface area contributed by atoms with Gasteiger partial charge in [-0.1, -0.05) is 30.5 Å². The van der Waals surface area contributed by atoms with Crippen LogP contribution in [0.15, 0.2) is 24.3 Å². The Bertz CT molecular complexity index is 799. The summed E-state index contributed by atoms with van der Waals surface area (Å²) in [6.07, 6.45) is 7.52. The molecular weight excluding hydrogens is 360 g/mol. The van der Waals surface area contributed by atoms with E-state index in [4.69, 9.17) is 10.8 Å². The lowest BCUT2D eigenvalue weighted by Crippen LogP contribution is -2.45. The van der Waals surface area contributed by atoms with Crippen LogP contribution in [0.5, 0.6) is 0 Å². The maximum atomic E-state index is 13.0. The number of nitrogens with zero attached hydrogens (tertiary/aromatic N) is 2. The third-order valence-electron chi connectivity index (χ3n) is 5.95. The van der Waals surface area contributed by atoms with Crippen LogP contribution in [0.25, 0.3) is 5.69 Å². The van der Waals surface area contributed by atoms with Crippen molar-refractivity contribution >= 4 is 18.3 Å². The Balaban J connectivity index is 0.00000210. The lowest BCUT2D eigenvalue weighted by molar-refractivity contribution is 0.0901. The summed E-state index contributed by atoms with van der Waals surface area (Å²) >= 11 is 0. The standard InChI is InChI=1S/C21H28N4O.ClH/c1-14-9-11-16(12-10-14)25-19-8-4-6-17(19)20(24-25)21(26)23-18-7-3-2-5-15(18)13-22;/h9-12,15,18H,2-8,13,22H2,1H3,(H,23,26);1H. The van der Waals surface area contributed by atoms with Gasteiger partial charge in [0.2, 0.25) is 0 Å². The fraction of sp³-hybridized carbons (Fsp3) is 0.524. The van der Waals surface area contributed by atoms with Crippen LogP contribution in [0.1, 0.15) is 59.4 Å². The highest BCUT2D eigenvalue weighted by Gasteiger charge is 2.30. The minimum absolute atomic E-state index is 0. The lowest BCUT2D eigenvalue weighted by Gasteiger charge is -2.31. The molecule has 0 bridgehead atoms. The summed E-state index contributed by atoms with van der Waals surface area (Å²) in [5.41, 5.74) is 11.1. The Morgan fingerprint density at radius 2 is 1.93 bits per heavy atom. The van der Waals surface area contributed by atoms with E-state index < -0.39 is 0 Å². The minimum Gasteiger partial charge on any atom is -0.348 e. The van der Waals surface area contributed by atoms with Crippen LogP contribution in [0.2, 0.25) is 0 Å². The average Bonchev–Trinajstić information content (AvgIpc) is 3.25. The molecule has 0 spiro atoms. The van der Waals surface area contributed by atoms with Crippen molar-refractivity contribution in [2.45, 2.75) is 57.9 Å². The number of hydrogen-bond acceptors (Lipinski definition) is 3. The summed E-state index contributed by atoms with van der Waals surface area (Å²) < 4.78 is 1.97. The molecule has 1 aromatic carbocycles. The van der Waals surface area contributed by atoms with Crippen LogP contribution >= 0.6 is 12.4 Å². The van der Waals surface area contributed by atoms with Crippen molar-refractivity contribution in [3.05, 3.63) is 46.8 Å². The predicted octanol–water partition coefficient (Wildman–Crippen LogP) is 3.34. The van der Waals surface area contributed by atoms with Gasteiger partial charge in [-0.2, -0.15) is 5.10 Å². The summed E-state index contributed by atoms with van der Waals surface area (Å²) in [6.45, 7) is 2.72. The van der Waals surface area contributed by atoms with E-state index in [9.17, 15) is 4.79 Å². The van der Waals surface area contributed by atoms with Crippen LogP contribution in [-0.4, -0.2) is 28.3 Å². The molecule has 0 aliphatic heterocycles. The number of aromatic nitrogens is 2. The minimum atomic E-state index is -0.0284. The number of carbonyl (C=O) groups is 1. The summed E-state index contributed by atoms with van der Waals surface area (Å²) in [4.78, 5) is 13.0. The first-order chi connectivity index (χ1) is 12.7. The summed E-state index contributed by atoms with van der Waals surface area (Å²) in [5, 5.41) is 7.97. The molecule has 5 nitrogen and oxygen atoms in total. The second-order valence-corrected chi connectivity index (χ2v) is 7.73. The monoisotopic (exact) mass is 388 g/mol. The van der Waals surface area contributed by atoms with Crippen LogP contribution in [0.4, 0.5) is 0 Å². The molecule has 0 saturated heterocycles. The van der Waals surface area contributed by atoms with Gasteiger partial charge in [-0.3, -0.25) is 4.79 Å². The highest BCUT2D eigenvalue weighted by molar-refractivity contribution is 5.94. The zero-order valence-corrected chi connectivity index (χ0v) is 16.7. The number of benzene rings is 1. The topological polar surface area (TPSA) is 72.9 Å². The Kier molecular flexibility index (Phi) is 6.22. The SMILES string of the molecule is Cc1ccc(-n2nc(C(=O)NC3CCCCC3CN)c3c2CCC3)cc1.Cl. The summed E-state index contributed by atoms with van der Waals surface area (Å²) in [5.74, 6) is 0.360. The molecule has 2 aromatic rings. The van der Waals surface area contributed by atoms with E-state index in [0.717, 1.165) is 49.8 Å². The summed E-state index contributed by atoms with van der Waals surface area (Å²) in [7, 11) is 0. The van der Waals surface area contributed by atoms with Gasteiger partial charge < -0.3 is 11.1 Å². The van der Waals surface area contributed by atoms with Gasteiger partial charge in [0.05, 0.1) is 5.69 Å². The van der Waals surface area contributed by atoms with Crippen molar-refractivity contribution < 1.29 is 4.79 Å². The van der Waals surface area contributed by atoms with E-state index in [1.165, 1.54) is 17.7 Å². The Hall–Kier alpha value is -1.85. The van der Waals surface area contributed by atoms with Gasteiger partial charge >= 0.3 is 0 Å². The van der Waals surface area contributed by atoms with Crippen molar-refractivity contribution in [2.24, 2.45) is 11.7 Å². The van der Waals surface area contributed by atoms with Crippen LogP contribution < -0.4 is 11.1 Å². The molecule has 2 atom stereocenters. The molecule has 1 heterocycles. The Labute approximate surface area is 167 Å². The van der Waals surface area contributed by atoms with Gasteiger partial charge in [-0.05, 0) is 63.6 Å². The van der Waals surface area contributed by atoms with E-state index >= 15 is 0 Å². The van der Waals surface area contributed by atoms with Gasteiger partial charge in [-0.25, -0.2) is 4.68 Å². The van der Waals surface area contributed by atoms with Crippen molar-refractivity contribution in [1.29, 1.82) is 0 Å². The normalized spacial score (nSPS) is 21.4. The molecule has 4 rings (SSSR count). The molecule has 2 unspecified atom stereocenters. The Morgan fingerprint density at radius 3 is 2.67 bits per heavy atom. The molecule has 6 heteroatoms. The van der Waals surface area contributed by atoms with E-state index in [1.54, 1.807) is 0 Å². The number of halogens is 1. The van der Waals surface area contributed by atoms with Crippen molar-refractivity contribution in [3.8, 4) is 5.69 Å². The second kappa shape index (κ2) is 8.44. The highest BCUT2D eigenvalue weighted by Crippen LogP contribution is 2.29. The molecular formula is C21H29ClN4O. The molecule has 1 saturated carbocycles. The number of carbonyl (C=O) groups excluding carboxylic acids is 1. The zero-order chi connectivity index (χ0) is 18.1. The van der Waals surface area contributed by atoms with Gasteiger partial charge in [0, 0.05) is 17.3 Å². The maximum absolute atomic E-state index is 13.0. The molecule has 2 aliphatic carbocycles. The van der Waals surface area contributed by atoms with Gasteiger partial charge in [0.1, 0.15) is 0 Å². The first kappa shape index (κ1) is 19.9. The highest BCUT2D eigenvalue weighted by atomic mass is 35.5. The van der Waals surface area contributed by atoms with Crippen molar-refractivity contribution in [2.75, 3.05) is 6.54 Å². The predicted molar refractivity (Wildman–Crippen MR) is 110 cm³/mol. The number of nitrogens with two attached hydrogens (primary N) is 1. The number of amides is 1. The number of fused-ring (bicyclic) bond motifs is 1. The van der Waals surface area contributed by atoms with E-state index in [0.29, 0.717) is 18.2 Å². The zero-order valence-electron chi connectivity index (χ0n) is 15.9. The largest absolute Gasteiger partial charge is 0.348 e. The molecule has 1 aromatic heterocycles. The quantitative estimate of drug-likeness (QED) is 0.843. The smallest absolute Gasteiger partial charge is 0.272 e. The number of hydrogen-bond donors (Lipinski definition) is 2. The Morgan fingerprint density at radius 1 is 1.19 bits per heavy atom. The van der Waals surface area contributed by atoms with Gasteiger partial charge in [-0.15, -0.1) is 12.4 Å². The van der Waals surface area contributed by atoms with Crippen LogP contribution in [-0.2, 0) is 12.8 Å². The van der Waals surface area contributed by atoms with E-state index in [1.807, 2.05) is 4.68 Å². The molecule has 3 N–H and O–H groups in total. The third kappa shape index (κ3) is 3.90. The first-order valence-corrected chi connectivity index (χ1v) is 9.86. The molecule has 27 heavy (non-hydrogen) atoms. The first-order valence-electron chi connectivity index (χ1n) is 9.86. The van der Waals surface area contributed by atoms with Crippen LogP contribution in [0, 0.1) is 12.8 Å². The molecule has 146 valence electrons. The fourth-order valence-corrected chi connectivity index (χ4v) is 4.44. The maximum Gasteiger partial charge on any atom is 0.272 e. The number of rotatable bonds is 4. The van der Waals surface area contributed by atoms with Crippen LogP contribution in [0.3, 0.4) is 0 Å². The van der Waals surface area contributed by atoms with E-state index in [-0.39, 0.29) is 24.4 Å². The average molecular weight is 389 g/mol. The molecule has 0 radical (unpaired) electrons. The lowest BCUT2D eigenvalue weighted by atomic mass is 9.84. The molecule has 2 aliphatic rings.